The quantitative estimate of drug-likeness (QED) is 0.722. The number of likely N-dealkylation sites (N-methyl/N-ethyl adjacent to an activating group) is 1. The van der Waals surface area contributed by atoms with Crippen LogP contribution in [0.1, 0.15) is 32.6 Å². The molecule has 2 rings (SSSR count). The zero-order chi connectivity index (χ0) is 11.0. The zero-order valence-corrected chi connectivity index (χ0v) is 9.44. The van der Waals surface area contributed by atoms with Crippen molar-refractivity contribution in [2.75, 3.05) is 7.05 Å². The highest BCUT2D eigenvalue weighted by Crippen LogP contribution is 2.29. The summed E-state index contributed by atoms with van der Waals surface area (Å²) < 4.78 is 0. The van der Waals surface area contributed by atoms with E-state index in [0.29, 0.717) is 18.1 Å². The second kappa shape index (κ2) is 4.10. The lowest BCUT2D eigenvalue weighted by Crippen LogP contribution is -2.51. The molecule has 0 saturated carbocycles. The van der Waals surface area contributed by atoms with Gasteiger partial charge in [-0.1, -0.05) is 0 Å². The summed E-state index contributed by atoms with van der Waals surface area (Å²) in [5.74, 6) is -0.719. The van der Waals surface area contributed by atoms with Gasteiger partial charge in [0, 0.05) is 18.1 Å². The van der Waals surface area contributed by atoms with Crippen molar-refractivity contribution in [2.45, 2.75) is 56.8 Å². The van der Waals surface area contributed by atoms with Gasteiger partial charge in [-0.15, -0.1) is 0 Å². The van der Waals surface area contributed by atoms with Gasteiger partial charge in [0.15, 0.2) is 0 Å². The van der Waals surface area contributed by atoms with Crippen LogP contribution in [0.25, 0.3) is 0 Å². The summed E-state index contributed by atoms with van der Waals surface area (Å²) in [7, 11) is 1.94. The van der Waals surface area contributed by atoms with Gasteiger partial charge in [-0.25, -0.2) is 0 Å². The Labute approximate surface area is 90.6 Å². The Morgan fingerprint density at radius 3 is 2.40 bits per heavy atom. The number of carboxylic acid groups (broad SMARTS) is 1. The highest BCUT2D eigenvalue weighted by atomic mass is 16.4. The van der Waals surface area contributed by atoms with Crippen LogP contribution in [0.15, 0.2) is 0 Å². The van der Waals surface area contributed by atoms with Crippen LogP contribution >= 0.6 is 0 Å². The molecule has 2 bridgehead atoms. The van der Waals surface area contributed by atoms with Crippen LogP contribution in [-0.4, -0.2) is 47.2 Å². The van der Waals surface area contributed by atoms with Gasteiger partial charge >= 0.3 is 5.97 Å². The van der Waals surface area contributed by atoms with Gasteiger partial charge in [0.2, 0.25) is 0 Å². The van der Waals surface area contributed by atoms with E-state index in [2.05, 4.69) is 5.32 Å². The molecule has 0 spiro atoms. The van der Waals surface area contributed by atoms with Crippen molar-refractivity contribution >= 4 is 5.97 Å². The Balaban J connectivity index is 1.96. The molecule has 0 radical (unpaired) electrons. The molecule has 4 heteroatoms. The minimum Gasteiger partial charge on any atom is -0.480 e. The molecule has 0 aromatic rings. The molecule has 2 saturated heterocycles. The number of piperidine rings is 1. The topological polar surface area (TPSA) is 52.6 Å². The lowest BCUT2D eigenvalue weighted by atomic mass is 9.97. The van der Waals surface area contributed by atoms with E-state index in [-0.39, 0.29) is 6.04 Å². The molecule has 2 aliphatic heterocycles. The third-order valence-corrected chi connectivity index (χ3v) is 3.99. The summed E-state index contributed by atoms with van der Waals surface area (Å²) in [4.78, 5) is 12.9. The van der Waals surface area contributed by atoms with E-state index in [1.165, 1.54) is 12.8 Å². The highest BCUT2D eigenvalue weighted by Gasteiger charge is 2.37. The molecule has 2 aliphatic rings. The average Bonchev–Trinajstić information content (AvgIpc) is 2.55. The average molecular weight is 212 g/mol. The number of fused-ring (bicyclic) bond motifs is 2. The van der Waals surface area contributed by atoms with Crippen molar-refractivity contribution in [3.8, 4) is 0 Å². The maximum Gasteiger partial charge on any atom is 0.320 e. The SMILES string of the molecule is CC(C(=O)O)N(C)C1CC2CCC(C1)N2. The zero-order valence-electron chi connectivity index (χ0n) is 9.44. The minimum atomic E-state index is -0.719. The number of nitrogens with zero attached hydrogens (tertiary/aromatic N) is 1. The van der Waals surface area contributed by atoms with Gasteiger partial charge < -0.3 is 10.4 Å². The summed E-state index contributed by atoms with van der Waals surface area (Å²) >= 11 is 0. The van der Waals surface area contributed by atoms with Crippen LogP contribution in [0.4, 0.5) is 0 Å². The first-order valence-electron chi connectivity index (χ1n) is 5.78. The Hall–Kier alpha value is -0.610. The number of hydrogen-bond donors (Lipinski definition) is 2. The molecular formula is C11H20N2O2. The Kier molecular flexibility index (Phi) is 2.98. The molecule has 0 aliphatic carbocycles. The molecule has 2 fully saturated rings. The molecule has 3 unspecified atom stereocenters. The molecule has 4 nitrogen and oxygen atoms in total. The molecule has 2 N–H and O–H groups in total. The van der Waals surface area contributed by atoms with Crippen molar-refractivity contribution in [1.82, 2.24) is 10.2 Å². The highest BCUT2D eigenvalue weighted by molar-refractivity contribution is 5.72. The molecule has 86 valence electrons. The van der Waals surface area contributed by atoms with Gasteiger partial charge in [-0.3, -0.25) is 9.69 Å². The number of nitrogens with one attached hydrogen (secondary N) is 1. The summed E-state index contributed by atoms with van der Waals surface area (Å²) in [6.45, 7) is 1.77. The fourth-order valence-corrected chi connectivity index (χ4v) is 2.85. The molecule has 0 aromatic carbocycles. The molecule has 0 aromatic heterocycles. The van der Waals surface area contributed by atoms with E-state index >= 15 is 0 Å². The van der Waals surface area contributed by atoms with Crippen molar-refractivity contribution in [2.24, 2.45) is 0 Å². The predicted octanol–water partition coefficient (Wildman–Crippen LogP) is 0.674. The third kappa shape index (κ3) is 2.16. The van der Waals surface area contributed by atoms with E-state index in [0.717, 1.165) is 12.8 Å². The van der Waals surface area contributed by atoms with Crippen molar-refractivity contribution in [3.05, 3.63) is 0 Å². The van der Waals surface area contributed by atoms with Gasteiger partial charge in [0.05, 0.1) is 0 Å². The second-order valence-electron chi connectivity index (χ2n) is 4.94. The number of hydrogen-bond acceptors (Lipinski definition) is 3. The first-order valence-corrected chi connectivity index (χ1v) is 5.78. The lowest BCUT2D eigenvalue weighted by molar-refractivity contribution is -0.143. The first kappa shape index (κ1) is 10.9. The normalized spacial score (nSPS) is 36.9. The molecular weight excluding hydrogens is 192 g/mol. The Morgan fingerprint density at radius 1 is 1.40 bits per heavy atom. The van der Waals surface area contributed by atoms with Crippen LogP contribution in [0.3, 0.4) is 0 Å². The second-order valence-corrected chi connectivity index (χ2v) is 4.94. The third-order valence-electron chi connectivity index (χ3n) is 3.99. The standard InChI is InChI=1S/C11H20N2O2/c1-7(11(14)15)13(2)10-5-8-3-4-9(6-10)12-8/h7-10,12H,3-6H2,1-2H3,(H,14,15). The maximum atomic E-state index is 10.9. The van der Waals surface area contributed by atoms with E-state index in [1.807, 2.05) is 11.9 Å². The van der Waals surface area contributed by atoms with E-state index in [4.69, 9.17) is 5.11 Å². The summed E-state index contributed by atoms with van der Waals surface area (Å²) in [6.07, 6.45) is 4.72. The number of carboxylic acids is 1. The number of carbonyl (C=O) groups is 1. The summed E-state index contributed by atoms with van der Waals surface area (Å²) in [5.41, 5.74) is 0. The molecule has 2 heterocycles. The van der Waals surface area contributed by atoms with Crippen LogP contribution < -0.4 is 5.32 Å². The maximum absolute atomic E-state index is 10.9. The minimum absolute atomic E-state index is 0.368. The van der Waals surface area contributed by atoms with Gasteiger partial charge in [0.1, 0.15) is 6.04 Å². The summed E-state index contributed by atoms with van der Waals surface area (Å²) in [6, 6.07) is 1.32. The van der Waals surface area contributed by atoms with E-state index < -0.39 is 5.97 Å². The molecule has 3 atom stereocenters. The Bertz CT molecular complexity index is 245. The molecule has 0 amide bonds. The number of rotatable bonds is 3. The fraction of sp³-hybridized carbons (Fsp3) is 0.909. The largest absolute Gasteiger partial charge is 0.480 e. The lowest BCUT2D eigenvalue weighted by Gasteiger charge is -2.37. The van der Waals surface area contributed by atoms with Crippen molar-refractivity contribution in [1.29, 1.82) is 0 Å². The summed E-state index contributed by atoms with van der Waals surface area (Å²) in [5, 5.41) is 12.5. The van der Waals surface area contributed by atoms with Crippen LogP contribution in [0, 0.1) is 0 Å². The fourth-order valence-electron chi connectivity index (χ4n) is 2.85. The first-order chi connectivity index (χ1) is 7.08. The van der Waals surface area contributed by atoms with Gasteiger partial charge in [-0.05, 0) is 39.7 Å². The van der Waals surface area contributed by atoms with Crippen LogP contribution in [0.2, 0.25) is 0 Å². The smallest absolute Gasteiger partial charge is 0.320 e. The van der Waals surface area contributed by atoms with Crippen molar-refractivity contribution in [3.63, 3.8) is 0 Å². The van der Waals surface area contributed by atoms with Crippen molar-refractivity contribution < 1.29 is 9.90 Å². The molecule has 15 heavy (non-hydrogen) atoms. The van der Waals surface area contributed by atoms with Crippen LogP contribution in [0.5, 0.6) is 0 Å². The van der Waals surface area contributed by atoms with Gasteiger partial charge in [0.25, 0.3) is 0 Å². The Morgan fingerprint density at radius 2 is 1.93 bits per heavy atom. The van der Waals surface area contributed by atoms with Gasteiger partial charge in [-0.2, -0.15) is 0 Å². The number of aliphatic carboxylic acids is 1. The predicted molar refractivity (Wildman–Crippen MR) is 57.8 cm³/mol. The van der Waals surface area contributed by atoms with E-state index in [1.54, 1.807) is 6.92 Å². The van der Waals surface area contributed by atoms with E-state index in [9.17, 15) is 4.79 Å². The van der Waals surface area contributed by atoms with Crippen LogP contribution in [-0.2, 0) is 4.79 Å². The monoisotopic (exact) mass is 212 g/mol.